The van der Waals surface area contributed by atoms with E-state index in [9.17, 15) is 4.79 Å². The number of aromatic nitrogens is 3. The van der Waals surface area contributed by atoms with Gasteiger partial charge in [0.25, 0.3) is 0 Å². The van der Waals surface area contributed by atoms with Gasteiger partial charge in [0.15, 0.2) is 0 Å². The van der Waals surface area contributed by atoms with Crippen LogP contribution in [0.1, 0.15) is 44.1 Å². The Balaban J connectivity index is 1.81. The molecule has 7 nitrogen and oxygen atoms in total. The number of allylic oxidation sites excluding steroid dienone is 1. The minimum atomic E-state index is -0.461. The van der Waals surface area contributed by atoms with Gasteiger partial charge in [0.2, 0.25) is 5.95 Å². The quantitative estimate of drug-likeness (QED) is 0.544. The van der Waals surface area contributed by atoms with Crippen molar-refractivity contribution in [3.05, 3.63) is 77.3 Å². The molecule has 2 aromatic carbocycles. The van der Waals surface area contributed by atoms with Gasteiger partial charge in [-0.3, -0.25) is 0 Å². The molecule has 0 aliphatic carbocycles. The summed E-state index contributed by atoms with van der Waals surface area (Å²) in [5.74, 6) is 2.33. The number of ether oxygens (including phenoxy) is 2. The molecule has 0 unspecified atom stereocenters. The van der Waals surface area contributed by atoms with Gasteiger partial charge in [-0.25, -0.2) is 9.48 Å². The second-order valence-electron chi connectivity index (χ2n) is 7.31. The summed E-state index contributed by atoms with van der Waals surface area (Å²) >= 11 is 0. The van der Waals surface area contributed by atoms with Crippen molar-refractivity contribution in [2.24, 2.45) is 0 Å². The van der Waals surface area contributed by atoms with Crippen molar-refractivity contribution in [1.29, 1.82) is 0 Å². The van der Waals surface area contributed by atoms with Gasteiger partial charge in [-0.15, -0.1) is 0 Å². The first-order chi connectivity index (χ1) is 15.1. The van der Waals surface area contributed by atoms with E-state index < -0.39 is 6.04 Å². The second kappa shape index (κ2) is 9.04. The second-order valence-corrected chi connectivity index (χ2v) is 7.31. The van der Waals surface area contributed by atoms with E-state index in [1.54, 1.807) is 4.68 Å². The molecule has 1 aliphatic heterocycles. The van der Waals surface area contributed by atoms with Crippen LogP contribution in [0, 0.1) is 6.92 Å². The molecule has 160 valence electrons. The van der Waals surface area contributed by atoms with Gasteiger partial charge >= 0.3 is 5.97 Å². The van der Waals surface area contributed by atoms with E-state index in [1.807, 2.05) is 68.4 Å². The van der Waals surface area contributed by atoms with Gasteiger partial charge in [0.05, 0.1) is 12.2 Å². The van der Waals surface area contributed by atoms with Crippen LogP contribution in [0.15, 0.2) is 65.9 Å². The Labute approximate surface area is 181 Å². The number of aryl methyl sites for hydroxylation is 1. The Hall–Kier alpha value is -3.61. The lowest BCUT2D eigenvalue weighted by Crippen LogP contribution is -2.30. The van der Waals surface area contributed by atoms with Crippen molar-refractivity contribution in [3.8, 4) is 11.5 Å². The van der Waals surface area contributed by atoms with Crippen LogP contribution in [-0.4, -0.2) is 27.3 Å². The number of esters is 1. The molecule has 4 rings (SSSR count). The number of benzene rings is 2. The smallest absolute Gasteiger partial charge is 0.338 e. The molecule has 1 N–H and O–H groups in total. The topological polar surface area (TPSA) is 78.3 Å². The first-order valence-corrected chi connectivity index (χ1v) is 10.5. The number of nitrogens with one attached hydrogen (secondary N) is 1. The number of nitrogens with zero attached hydrogens (tertiary/aromatic N) is 3. The molecule has 1 aromatic heterocycles. The number of para-hydroxylation sites is 1. The molecule has 0 spiro atoms. The van der Waals surface area contributed by atoms with Crippen LogP contribution in [0.5, 0.6) is 11.5 Å². The van der Waals surface area contributed by atoms with Crippen molar-refractivity contribution in [2.75, 3.05) is 11.9 Å². The molecule has 0 bridgehead atoms. The summed E-state index contributed by atoms with van der Waals surface area (Å²) in [6.45, 7) is 6.02. The van der Waals surface area contributed by atoms with Crippen LogP contribution in [0.25, 0.3) is 0 Å². The number of carbonyl (C=O) groups is 1. The molecule has 0 radical (unpaired) electrons. The van der Waals surface area contributed by atoms with Crippen LogP contribution < -0.4 is 10.1 Å². The largest absolute Gasteiger partial charge is 0.463 e. The zero-order chi connectivity index (χ0) is 21.8. The van der Waals surface area contributed by atoms with Gasteiger partial charge < -0.3 is 14.8 Å². The molecule has 0 fully saturated rings. The molecule has 1 aliphatic rings. The van der Waals surface area contributed by atoms with Crippen LogP contribution in [0.2, 0.25) is 0 Å². The standard InChI is InChI=1S/C24H26N4O3/c1-4-10-20-21(23(29)30-5-2)22(28-24(26-20)25-16(3)27-28)17-11-9-14-19(15-17)31-18-12-7-6-8-13-18/h6-9,11-15,22H,4-5,10H2,1-3H3,(H,25,26,27)/t22-/m1/s1. The Kier molecular flexibility index (Phi) is 6.02. The predicted octanol–water partition coefficient (Wildman–Crippen LogP) is 5.01. The molecule has 0 amide bonds. The average Bonchev–Trinajstić information content (AvgIpc) is 3.13. The van der Waals surface area contributed by atoms with Crippen molar-refractivity contribution in [3.63, 3.8) is 0 Å². The minimum Gasteiger partial charge on any atom is -0.463 e. The van der Waals surface area contributed by atoms with E-state index in [1.165, 1.54) is 0 Å². The normalized spacial score (nSPS) is 15.3. The van der Waals surface area contributed by atoms with E-state index in [0.29, 0.717) is 36.1 Å². The van der Waals surface area contributed by atoms with Gasteiger partial charge in [0.1, 0.15) is 23.4 Å². The maximum Gasteiger partial charge on any atom is 0.338 e. The molecule has 0 saturated carbocycles. The van der Waals surface area contributed by atoms with Crippen LogP contribution in [-0.2, 0) is 9.53 Å². The summed E-state index contributed by atoms with van der Waals surface area (Å²) in [5.41, 5.74) is 2.25. The highest BCUT2D eigenvalue weighted by molar-refractivity contribution is 5.92. The van der Waals surface area contributed by atoms with Crippen molar-refractivity contribution < 1.29 is 14.3 Å². The number of rotatable bonds is 7. The summed E-state index contributed by atoms with van der Waals surface area (Å²) in [7, 11) is 0. The molecule has 0 saturated heterocycles. The highest BCUT2D eigenvalue weighted by Crippen LogP contribution is 2.38. The monoisotopic (exact) mass is 418 g/mol. The maximum absolute atomic E-state index is 13.0. The van der Waals surface area contributed by atoms with Crippen molar-refractivity contribution in [1.82, 2.24) is 14.8 Å². The van der Waals surface area contributed by atoms with E-state index in [0.717, 1.165) is 23.4 Å². The SMILES string of the molecule is CCCC1=C(C(=O)OCC)[C@@H](c2cccc(Oc3ccccc3)c2)n2nc(C)nc2N1. The van der Waals surface area contributed by atoms with Crippen LogP contribution >= 0.6 is 0 Å². The summed E-state index contributed by atoms with van der Waals surface area (Å²) in [4.78, 5) is 17.6. The molecule has 2 heterocycles. The highest BCUT2D eigenvalue weighted by atomic mass is 16.5. The predicted molar refractivity (Wildman–Crippen MR) is 118 cm³/mol. The molecule has 31 heavy (non-hydrogen) atoms. The summed E-state index contributed by atoms with van der Waals surface area (Å²) in [5, 5.41) is 7.87. The Morgan fingerprint density at radius 3 is 2.61 bits per heavy atom. The first-order valence-electron chi connectivity index (χ1n) is 10.5. The molecular weight excluding hydrogens is 392 g/mol. The Bertz CT molecular complexity index is 1110. The van der Waals surface area contributed by atoms with Crippen LogP contribution in [0.4, 0.5) is 5.95 Å². The zero-order valence-corrected chi connectivity index (χ0v) is 18.0. The summed E-state index contributed by atoms with van der Waals surface area (Å²) in [6, 6.07) is 16.9. The minimum absolute atomic E-state index is 0.300. The van der Waals surface area contributed by atoms with E-state index >= 15 is 0 Å². The van der Waals surface area contributed by atoms with E-state index in [2.05, 4.69) is 22.3 Å². The molecule has 7 heteroatoms. The van der Waals surface area contributed by atoms with Gasteiger partial charge in [-0.05, 0) is 50.1 Å². The summed E-state index contributed by atoms with van der Waals surface area (Å²) < 4.78 is 13.2. The highest BCUT2D eigenvalue weighted by Gasteiger charge is 2.36. The lowest BCUT2D eigenvalue weighted by atomic mass is 9.94. The number of anilines is 1. The fourth-order valence-electron chi connectivity index (χ4n) is 3.76. The van der Waals surface area contributed by atoms with Gasteiger partial charge in [-0.2, -0.15) is 10.1 Å². The number of fused-ring (bicyclic) bond motifs is 1. The van der Waals surface area contributed by atoms with E-state index in [-0.39, 0.29) is 5.97 Å². The van der Waals surface area contributed by atoms with Gasteiger partial charge in [-0.1, -0.05) is 43.7 Å². The number of carbonyl (C=O) groups excluding carboxylic acids is 1. The van der Waals surface area contributed by atoms with Gasteiger partial charge in [0, 0.05) is 5.70 Å². The molecule has 1 atom stereocenters. The lowest BCUT2D eigenvalue weighted by molar-refractivity contribution is -0.139. The first kappa shape index (κ1) is 20.7. The fourth-order valence-corrected chi connectivity index (χ4v) is 3.76. The maximum atomic E-state index is 13.0. The zero-order valence-electron chi connectivity index (χ0n) is 18.0. The third-order valence-corrected chi connectivity index (χ3v) is 4.99. The third-order valence-electron chi connectivity index (χ3n) is 4.99. The van der Waals surface area contributed by atoms with E-state index in [4.69, 9.17) is 9.47 Å². The lowest BCUT2D eigenvalue weighted by Gasteiger charge is -2.29. The Morgan fingerprint density at radius 1 is 1.10 bits per heavy atom. The fraction of sp³-hybridized carbons (Fsp3) is 0.292. The number of hydrogen-bond donors (Lipinski definition) is 1. The summed E-state index contributed by atoms with van der Waals surface area (Å²) in [6.07, 6.45) is 1.58. The average molecular weight is 418 g/mol. The van der Waals surface area contributed by atoms with Crippen LogP contribution in [0.3, 0.4) is 0 Å². The van der Waals surface area contributed by atoms with Crippen molar-refractivity contribution in [2.45, 2.75) is 39.7 Å². The molecule has 3 aromatic rings. The Morgan fingerprint density at radius 2 is 1.87 bits per heavy atom. The van der Waals surface area contributed by atoms with Crippen molar-refractivity contribution >= 4 is 11.9 Å². The third kappa shape index (κ3) is 4.30. The number of hydrogen-bond acceptors (Lipinski definition) is 6. The molecular formula is C24H26N4O3.